The fourth-order valence-corrected chi connectivity index (χ4v) is 1.90. The molecule has 0 heterocycles. The first-order valence-electron chi connectivity index (χ1n) is 6.66. The number of hydrogen-bond donors (Lipinski definition) is 2. The van der Waals surface area contributed by atoms with E-state index in [0.717, 1.165) is 30.2 Å². The Kier molecular flexibility index (Phi) is 5.38. The monoisotopic (exact) mass is 286 g/mol. The van der Waals surface area contributed by atoms with Crippen molar-refractivity contribution in [3.05, 3.63) is 54.6 Å². The SMILES string of the molecule is CCCNC(=S)Nc1cccc(Oc2ccccc2)c1. The van der Waals surface area contributed by atoms with Crippen LogP contribution < -0.4 is 15.4 Å². The highest BCUT2D eigenvalue weighted by molar-refractivity contribution is 7.80. The third kappa shape index (κ3) is 4.55. The van der Waals surface area contributed by atoms with Gasteiger partial charge in [0.1, 0.15) is 11.5 Å². The molecule has 4 heteroatoms. The van der Waals surface area contributed by atoms with Gasteiger partial charge in [0.25, 0.3) is 0 Å². The Morgan fingerprint density at radius 2 is 1.80 bits per heavy atom. The molecule has 20 heavy (non-hydrogen) atoms. The highest BCUT2D eigenvalue weighted by Gasteiger charge is 2.00. The van der Waals surface area contributed by atoms with Gasteiger partial charge in [-0.1, -0.05) is 31.2 Å². The maximum Gasteiger partial charge on any atom is 0.170 e. The number of ether oxygens (including phenoxy) is 1. The summed E-state index contributed by atoms with van der Waals surface area (Å²) in [5.41, 5.74) is 0.909. The maximum absolute atomic E-state index is 5.78. The lowest BCUT2D eigenvalue weighted by Gasteiger charge is -2.11. The molecule has 0 aliphatic heterocycles. The summed E-state index contributed by atoms with van der Waals surface area (Å²) in [5, 5.41) is 6.90. The molecule has 2 aromatic carbocycles. The van der Waals surface area contributed by atoms with Crippen molar-refractivity contribution in [3.63, 3.8) is 0 Å². The van der Waals surface area contributed by atoms with E-state index in [1.807, 2.05) is 54.6 Å². The van der Waals surface area contributed by atoms with E-state index >= 15 is 0 Å². The van der Waals surface area contributed by atoms with Crippen LogP contribution in [0.5, 0.6) is 11.5 Å². The molecular formula is C16H18N2OS. The van der Waals surface area contributed by atoms with E-state index < -0.39 is 0 Å². The average Bonchev–Trinajstić information content (AvgIpc) is 2.46. The third-order valence-corrected chi connectivity index (χ3v) is 2.85. The molecule has 0 aliphatic rings. The van der Waals surface area contributed by atoms with Crippen molar-refractivity contribution in [1.82, 2.24) is 5.32 Å². The molecule has 0 saturated heterocycles. The molecule has 0 aliphatic carbocycles. The van der Waals surface area contributed by atoms with E-state index in [1.54, 1.807) is 0 Å². The van der Waals surface area contributed by atoms with Crippen molar-refractivity contribution < 1.29 is 4.74 Å². The van der Waals surface area contributed by atoms with Crippen molar-refractivity contribution >= 4 is 23.0 Å². The van der Waals surface area contributed by atoms with Gasteiger partial charge in [0.2, 0.25) is 0 Å². The first-order valence-corrected chi connectivity index (χ1v) is 7.06. The third-order valence-electron chi connectivity index (χ3n) is 2.61. The molecule has 2 rings (SSSR count). The predicted octanol–water partition coefficient (Wildman–Crippen LogP) is 4.18. The van der Waals surface area contributed by atoms with Crippen molar-refractivity contribution in [2.45, 2.75) is 13.3 Å². The lowest BCUT2D eigenvalue weighted by atomic mass is 10.3. The van der Waals surface area contributed by atoms with Crippen LogP contribution in [0, 0.1) is 0 Å². The lowest BCUT2D eigenvalue weighted by molar-refractivity contribution is 0.483. The van der Waals surface area contributed by atoms with Crippen LogP contribution in [-0.2, 0) is 0 Å². The molecule has 0 bridgehead atoms. The molecule has 0 fully saturated rings. The Bertz CT molecular complexity index is 557. The van der Waals surface area contributed by atoms with Crippen LogP contribution in [0.25, 0.3) is 0 Å². The van der Waals surface area contributed by atoms with Gasteiger partial charge < -0.3 is 15.4 Å². The van der Waals surface area contributed by atoms with Crippen molar-refractivity contribution in [2.24, 2.45) is 0 Å². The second kappa shape index (κ2) is 7.50. The molecule has 0 radical (unpaired) electrons. The van der Waals surface area contributed by atoms with Gasteiger partial charge in [-0.2, -0.15) is 0 Å². The van der Waals surface area contributed by atoms with E-state index in [1.165, 1.54) is 0 Å². The summed E-state index contributed by atoms with van der Waals surface area (Å²) in [6.07, 6.45) is 1.04. The van der Waals surface area contributed by atoms with Gasteiger partial charge in [-0.05, 0) is 42.9 Å². The van der Waals surface area contributed by atoms with Crippen molar-refractivity contribution in [1.29, 1.82) is 0 Å². The van der Waals surface area contributed by atoms with Crippen molar-refractivity contribution in [2.75, 3.05) is 11.9 Å². The second-order valence-electron chi connectivity index (χ2n) is 4.32. The fraction of sp³-hybridized carbons (Fsp3) is 0.188. The molecule has 3 nitrogen and oxygen atoms in total. The van der Waals surface area contributed by atoms with Crippen LogP contribution in [0.3, 0.4) is 0 Å². The molecule has 0 aromatic heterocycles. The number of rotatable bonds is 5. The number of benzene rings is 2. The highest BCUT2D eigenvalue weighted by Crippen LogP contribution is 2.23. The summed E-state index contributed by atoms with van der Waals surface area (Å²) in [6.45, 7) is 2.97. The minimum Gasteiger partial charge on any atom is -0.457 e. The minimum absolute atomic E-state index is 0.628. The molecule has 2 aromatic rings. The molecular weight excluding hydrogens is 268 g/mol. The number of anilines is 1. The largest absolute Gasteiger partial charge is 0.457 e. The normalized spacial score (nSPS) is 9.85. The smallest absolute Gasteiger partial charge is 0.170 e. The molecule has 0 spiro atoms. The summed E-state index contributed by atoms with van der Waals surface area (Å²) in [6, 6.07) is 17.4. The number of hydrogen-bond acceptors (Lipinski definition) is 2. The zero-order valence-electron chi connectivity index (χ0n) is 11.4. The van der Waals surface area contributed by atoms with Crippen LogP contribution in [0.4, 0.5) is 5.69 Å². The van der Waals surface area contributed by atoms with Crippen LogP contribution in [0.15, 0.2) is 54.6 Å². The van der Waals surface area contributed by atoms with Gasteiger partial charge in [0.15, 0.2) is 5.11 Å². The summed E-state index contributed by atoms with van der Waals surface area (Å²) in [7, 11) is 0. The number of para-hydroxylation sites is 1. The first kappa shape index (κ1) is 14.3. The van der Waals surface area contributed by atoms with Crippen LogP contribution >= 0.6 is 12.2 Å². The number of thiocarbonyl (C=S) groups is 1. The molecule has 0 unspecified atom stereocenters. The van der Waals surface area contributed by atoms with Gasteiger partial charge in [-0.25, -0.2) is 0 Å². The summed E-state index contributed by atoms with van der Waals surface area (Å²) in [4.78, 5) is 0. The van der Waals surface area contributed by atoms with Gasteiger partial charge in [0.05, 0.1) is 0 Å². The summed E-state index contributed by atoms with van der Waals surface area (Å²) >= 11 is 5.21. The zero-order chi connectivity index (χ0) is 14.2. The fourth-order valence-electron chi connectivity index (χ4n) is 1.68. The lowest BCUT2D eigenvalue weighted by Crippen LogP contribution is -2.28. The quantitative estimate of drug-likeness (QED) is 0.808. The summed E-state index contributed by atoms with van der Waals surface area (Å²) < 4.78 is 5.78. The van der Waals surface area contributed by atoms with Gasteiger partial charge in [-0.15, -0.1) is 0 Å². The highest BCUT2D eigenvalue weighted by atomic mass is 32.1. The molecule has 0 amide bonds. The molecule has 0 saturated carbocycles. The van der Waals surface area contributed by atoms with Crippen LogP contribution in [0.2, 0.25) is 0 Å². The zero-order valence-corrected chi connectivity index (χ0v) is 12.2. The van der Waals surface area contributed by atoms with Crippen LogP contribution in [-0.4, -0.2) is 11.7 Å². The Labute approximate surface area is 125 Å². The first-order chi connectivity index (χ1) is 9.78. The topological polar surface area (TPSA) is 33.3 Å². The van der Waals surface area contributed by atoms with E-state index in [0.29, 0.717) is 5.11 Å². The Morgan fingerprint density at radius 1 is 1.05 bits per heavy atom. The molecule has 104 valence electrons. The predicted molar refractivity (Wildman–Crippen MR) is 87.5 cm³/mol. The summed E-state index contributed by atoms with van der Waals surface area (Å²) in [5.74, 6) is 1.59. The van der Waals surface area contributed by atoms with Gasteiger partial charge in [0, 0.05) is 18.3 Å². The Hall–Kier alpha value is -2.07. The Morgan fingerprint density at radius 3 is 2.55 bits per heavy atom. The van der Waals surface area contributed by atoms with E-state index in [-0.39, 0.29) is 0 Å². The number of nitrogens with one attached hydrogen (secondary N) is 2. The second-order valence-corrected chi connectivity index (χ2v) is 4.73. The average molecular weight is 286 g/mol. The van der Waals surface area contributed by atoms with E-state index in [4.69, 9.17) is 17.0 Å². The molecule has 2 N–H and O–H groups in total. The van der Waals surface area contributed by atoms with Gasteiger partial charge >= 0.3 is 0 Å². The Balaban J connectivity index is 1.99. The van der Waals surface area contributed by atoms with E-state index in [2.05, 4.69) is 17.6 Å². The van der Waals surface area contributed by atoms with Gasteiger partial charge in [-0.3, -0.25) is 0 Å². The van der Waals surface area contributed by atoms with Crippen LogP contribution in [0.1, 0.15) is 13.3 Å². The standard InChI is InChI=1S/C16H18N2OS/c1-2-11-17-16(20)18-13-7-6-10-15(12-13)19-14-8-4-3-5-9-14/h3-10,12H,2,11H2,1H3,(H2,17,18,20). The van der Waals surface area contributed by atoms with E-state index in [9.17, 15) is 0 Å². The maximum atomic E-state index is 5.78. The molecule has 0 atom stereocenters. The van der Waals surface area contributed by atoms with Crippen molar-refractivity contribution in [3.8, 4) is 11.5 Å². The minimum atomic E-state index is 0.628.